The van der Waals surface area contributed by atoms with Crippen LogP contribution in [-0.4, -0.2) is 15.3 Å². The van der Waals surface area contributed by atoms with Gasteiger partial charge < -0.3 is 9.05 Å². The lowest BCUT2D eigenvalue weighted by molar-refractivity contribution is 0.397. The summed E-state index contributed by atoms with van der Waals surface area (Å²) in [6, 6.07) is 8.90. The summed E-state index contributed by atoms with van der Waals surface area (Å²) in [4.78, 5) is 4.25. The summed E-state index contributed by atoms with van der Waals surface area (Å²) in [7, 11) is 0. The molecule has 0 bridgehead atoms. The lowest BCUT2D eigenvalue weighted by Crippen LogP contribution is -1.80. The molecule has 0 N–H and O–H groups in total. The maximum absolute atomic E-state index is 5.81. The van der Waals surface area contributed by atoms with Gasteiger partial charge in [0.2, 0.25) is 5.82 Å². The maximum Gasteiger partial charge on any atom is 0.258 e. The molecule has 2 heterocycles. The van der Waals surface area contributed by atoms with E-state index >= 15 is 0 Å². The Kier molecular flexibility index (Phi) is 2.60. The summed E-state index contributed by atoms with van der Waals surface area (Å²) in [5, 5.41) is 8.34. The predicted molar refractivity (Wildman–Crippen MR) is 65.0 cm³/mol. The summed E-state index contributed by atoms with van der Waals surface area (Å²) in [5.41, 5.74) is 1.36. The molecule has 0 amide bonds. The molecule has 0 radical (unpaired) electrons. The van der Waals surface area contributed by atoms with E-state index in [1.165, 1.54) is 0 Å². The van der Waals surface area contributed by atoms with E-state index < -0.39 is 0 Å². The van der Waals surface area contributed by atoms with Gasteiger partial charge in [0.05, 0.1) is 0 Å². The van der Waals surface area contributed by atoms with E-state index in [4.69, 9.17) is 20.6 Å². The summed E-state index contributed by atoms with van der Waals surface area (Å²) in [6.45, 7) is 1.80. The monoisotopic (exact) mass is 261 g/mol. The van der Waals surface area contributed by atoms with Crippen LogP contribution in [0.1, 0.15) is 5.76 Å². The summed E-state index contributed by atoms with van der Waals surface area (Å²) in [5.74, 6) is 1.52. The molecular weight excluding hydrogens is 254 g/mol. The van der Waals surface area contributed by atoms with Crippen LogP contribution in [0.4, 0.5) is 0 Å². The number of benzene rings is 1. The second-order valence-corrected chi connectivity index (χ2v) is 4.19. The van der Waals surface area contributed by atoms with Crippen molar-refractivity contribution in [3.63, 3.8) is 0 Å². The van der Waals surface area contributed by atoms with Crippen LogP contribution in [0, 0.1) is 6.92 Å². The molecule has 0 spiro atoms. The molecule has 0 aliphatic carbocycles. The average Bonchev–Trinajstić information content (AvgIpc) is 2.98. The minimum Gasteiger partial charge on any atom is -0.361 e. The molecule has 0 fully saturated rings. The Morgan fingerprint density at radius 1 is 1.06 bits per heavy atom. The topological polar surface area (TPSA) is 65.0 Å². The Labute approximate surface area is 107 Å². The number of halogens is 1. The Bertz CT molecular complexity index is 673. The molecule has 2 aromatic heterocycles. The van der Waals surface area contributed by atoms with Gasteiger partial charge in [-0.3, -0.25) is 0 Å². The fourth-order valence-corrected chi connectivity index (χ4v) is 1.64. The van der Waals surface area contributed by atoms with E-state index in [0.29, 0.717) is 28.2 Å². The van der Waals surface area contributed by atoms with Crippen molar-refractivity contribution in [1.82, 2.24) is 15.3 Å². The van der Waals surface area contributed by atoms with Gasteiger partial charge >= 0.3 is 0 Å². The summed E-state index contributed by atoms with van der Waals surface area (Å²) >= 11 is 5.81. The van der Waals surface area contributed by atoms with Crippen molar-refractivity contribution in [2.75, 3.05) is 0 Å². The predicted octanol–water partition coefficient (Wildman–Crippen LogP) is 3.35. The molecule has 18 heavy (non-hydrogen) atoms. The third-order valence-electron chi connectivity index (χ3n) is 2.37. The molecular formula is C12H8ClN3O2. The van der Waals surface area contributed by atoms with Crippen molar-refractivity contribution in [3.05, 3.63) is 41.1 Å². The number of nitrogens with zero attached hydrogens (tertiary/aromatic N) is 3. The second kappa shape index (κ2) is 4.27. The third kappa shape index (κ3) is 2.00. The highest BCUT2D eigenvalue weighted by Gasteiger charge is 2.13. The van der Waals surface area contributed by atoms with Crippen LogP contribution in [0.5, 0.6) is 0 Å². The second-order valence-electron chi connectivity index (χ2n) is 3.75. The molecule has 0 aliphatic rings. The quantitative estimate of drug-likeness (QED) is 0.708. The molecule has 6 heteroatoms. The summed E-state index contributed by atoms with van der Waals surface area (Å²) < 4.78 is 10.1. The van der Waals surface area contributed by atoms with E-state index in [0.717, 1.165) is 5.56 Å². The fraction of sp³-hybridized carbons (Fsp3) is 0.0833. The molecule has 1 aromatic carbocycles. The van der Waals surface area contributed by atoms with Gasteiger partial charge in [-0.15, -0.1) is 0 Å². The molecule has 0 saturated heterocycles. The SMILES string of the molecule is Cc1cc(-c2noc(-c3ccc(Cl)cc3)n2)no1. The Hall–Kier alpha value is -2.14. The van der Waals surface area contributed by atoms with Gasteiger partial charge in [-0.2, -0.15) is 4.98 Å². The standard InChI is InChI=1S/C12H8ClN3O2/c1-7-6-10(15-17-7)11-14-12(18-16-11)8-2-4-9(13)5-3-8/h2-6H,1H3. The fourth-order valence-electron chi connectivity index (χ4n) is 1.51. The maximum atomic E-state index is 5.81. The number of aryl methyl sites for hydroxylation is 1. The Morgan fingerprint density at radius 3 is 2.50 bits per heavy atom. The first kappa shape index (κ1) is 11.0. The Morgan fingerprint density at radius 2 is 1.83 bits per heavy atom. The van der Waals surface area contributed by atoms with E-state index in [9.17, 15) is 0 Å². The lowest BCUT2D eigenvalue weighted by Gasteiger charge is -1.92. The summed E-state index contributed by atoms with van der Waals surface area (Å²) in [6.07, 6.45) is 0. The zero-order valence-corrected chi connectivity index (χ0v) is 10.2. The normalized spacial score (nSPS) is 10.8. The number of rotatable bonds is 2. The lowest BCUT2D eigenvalue weighted by atomic mass is 10.2. The van der Waals surface area contributed by atoms with Crippen LogP contribution < -0.4 is 0 Å². The molecule has 3 rings (SSSR count). The first-order valence-electron chi connectivity index (χ1n) is 5.26. The van der Waals surface area contributed by atoms with Crippen molar-refractivity contribution in [2.24, 2.45) is 0 Å². The minimum atomic E-state index is 0.400. The molecule has 0 saturated carbocycles. The zero-order chi connectivity index (χ0) is 12.5. The van der Waals surface area contributed by atoms with Crippen molar-refractivity contribution in [3.8, 4) is 23.0 Å². The van der Waals surface area contributed by atoms with Crippen LogP contribution in [-0.2, 0) is 0 Å². The Balaban J connectivity index is 1.96. The molecule has 0 aliphatic heterocycles. The molecule has 0 unspecified atom stereocenters. The van der Waals surface area contributed by atoms with Gasteiger partial charge in [0.1, 0.15) is 5.76 Å². The number of aromatic nitrogens is 3. The van der Waals surface area contributed by atoms with Crippen molar-refractivity contribution in [1.29, 1.82) is 0 Å². The van der Waals surface area contributed by atoms with Gasteiger partial charge in [-0.25, -0.2) is 0 Å². The third-order valence-corrected chi connectivity index (χ3v) is 2.63. The molecule has 3 aromatic rings. The largest absolute Gasteiger partial charge is 0.361 e. The van der Waals surface area contributed by atoms with Crippen LogP contribution in [0.2, 0.25) is 5.02 Å². The van der Waals surface area contributed by atoms with Crippen molar-refractivity contribution in [2.45, 2.75) is 6.92 Å². The van der Waals surface area contributed by atoms with Gasteiger partial charge in [-0.05, 0) is 31.2 Å². The van der Waals surface area contributed by atoms with E-state index in [-0.39, 0.29) is 0 Å². The number of hydrogen-bond acceptors (Lipinski definition) is 5. The van der Waals surface area contributed by atoms with Crippen LogP contribution >= 0.6 is 11.6 Å². The smallest absolute Gasteiger partial charge is 0.258 e. The van der Waals surface area contributed by atoms with Gasteiger partial charge in [0.15, 0.2) is 5.69 Å². The highest BCUT2D eigenvalue weighted by molar-refractivity contribution is 6.30. The zero-order valence-electron chi connectivity index (χ0n) is 9.42. The van der Waals surface area contributed by atoms with E-state index in [1.807, 2.05) is 12.1 Å². The first-order valence-corrected chi connectivity index (χ1v) is 5.63. The van der Waals surface area contributed by atoms with E-state index in [2.05, 4.69) is 15.3 Å². The van der Waals surface area contributed by atoms with Gasteiger partial charge in [-0.1, -0.05) is 21.9 Å². The van der Waals surface area contributed by atoms with Gasteiger partial charge in [0, 0.05) is 16.7 Å². The van der Waals surface area contributed by atoms with Crippen LogP contribution in [0.15, 0.2) is 39.4 Å². The number of hydrogen-bond donors (Lipinski definition) is 0. The highest BCUT2D eigenvalue weighted by atomic mass is 35.5. The van der Waals surface area contributed by atoms with Crippen molar-refractivity contribution < 1.29 is 9.05 Å². The molecule has 5 nitrogen and oxygen atoms in total. The first-order chi connectivity index (χ1) is 8.72. The average molecular weight is 262 g/mol. The molecule has 0 atom stereocenters. The molecule has 90 valence electrons. The van der Waals surface area contributed by atoms with Crippen molar-refractivity contribution >= 4 is 11.6 Å². The van der Waals surface area contributed by atoms with Crippen LogP contribution in [0.3, 0.4) is 0 Å². The highest BCUT2D eigenvalue weighted by Crippen LogP contribution is 2.23. The van der Waals surface area contributed by atoms with Crippen LogP contribution in [0.25, 0.3) is 23.0 Å². The van der Waals surface area contributed by atoms with E-state index in [1.54, 1.807) is 25.1 Å². The minimum absolute atomic E-state index is 0.400. The van der Waals surface area contributed by atoms with Gasteiger partial charge in [0.25, 0.3) is 5.89 Å².